The first-order chi connectivity index (χ1) is 5.11. The van der Waals surface area contributed by atoms with Crippen molar-refractivity contribution in [3.63, 3.8) is 0 Å². The number of hydrogen-bond donors (Lipinski definition) is 0. The van der Waals surface area contributed by atoms with Gasteiger partial charge in [0.2, 0.25) is 0 Å². The van der Waals surface area contributed by atoms with Crippen LogP contribution in [-0.2, 0) is 33.7 Å². The summed E-state index contributed by atoms with van der Waals surface area (Å²) in [7, 11) is 0. The van der Waals surface area contributed by atoms with E-state index in [1.807, 2.05) is 20.8 Å². The molecule has 0 aromatic rings. The molecule has 0 aromatic carbocycles. The molecule has 0 saturated heterocycles. The number of carbonyl (C=O) groups excluding carboxylic acids is 1. The van der Waals surface area contributed by atoms with Crippen molar-refractivity contribution in [1.82, 2.24) is 0 Å². The van der Waals surface area contributed by atoms with E-state index in [-0.39, 0.29) is 12.1 Å². The molecule has 0 aromatic heterocycles. The Morgan fingerprint density at radius 2 is 2.09 bits per heavy atom. The fourth-order valence-electron chi connectivity index (χ4n) is 0.713. The Morgan fingerprint density at radius 3 is 2.36 bits per heavy atom. The molecular formula is C7H13O3Ti. The molecule has 0 heterocycles. The van der Waals surface area contributed by atoms with Gasteiger partial charge in [0.05, 0.1) is 0 Å². The summed E-state index contributed by atoms with van der Waals surface area (Å²) in [5.74, 6) is -0.291. The SMILES string of the molecule is CCC(OC(C)C)C(=O)[O][Ti]. The second kappa shape index (κ2) is 5.75. The van der Waals surface area contributed by atoms with Crippen LogP contribution >= 0.6 is 0 Å². The van der Waals surface area contributed by atoms with E-state index in [1.165, 1.54) is 20.8 Å². The van der Waals surface area contributed by atoms with Crippen molar-refractivity contribution in [3.05, 3.63) is 0 Å². The summed E-state index contributed by atoms with van der Waals surface area (Å²) in [5, 5.41) is 0. The van der Waals surface area contributed by atoms with Gasteiger partial charge in [-0.25, -0.2) is 0 Å². The molecule has 0 saturated carbocycles. The van der Waals surface area contributed by atoms with E-state index in [2.05, 4.69) is 3.32 Å². The van der Waals surface area contributed by atoms with Gasteiger partial charge in [-0.05, 0) is 0 Å². The van der Waals surface area contributed by atoms with Crippen molar-refractivity contribution >= 4 is 5.97 Å². The first-order valence-electron chi connectivity index (χ1n) is 3.64. The Bertz CT molecular complexity index is 125. The zero-order valence-corrected chi connectivity index (χ0v) is 8.65. The number of ether oxygens (including phenoxy) is 1. The van der Waals surface area contributed by atoms with Crippen molar-refractivity contribution in [2.45, 2.75) is 39.4 Å². The Hall–Kier alpha value is 0.144. The summed E-state index contributed by atoms with van der Waals surface area (Å²) >= 11 is 1.37. The van der Waals surface area contributed by atoms with Gasteiger partial charge in [0.1, 0.15) is 0 Å². The first kappa shape index (κ1) is 11.1. The van der Waals surface area contributed by atoms with Gasteiger partial charge < -0.3 is 0 Å². The number of rotatable bonds is 4. The second-order valence-electron chi connectivity index (χ2n) is 2.50. The normalized spacial score (nSPS) is 13.0. The summed E-state index contributed by atoms with van der Waals surface area (Å²) in [4.78, 5) is 10.9. The molecule has 0 aliphatic carbocycles. The molecule has 4 heteroatoms. The molecule has 0 N–H and O–H groups in total. The van der Waals surface area contributed by atoms with Gasteiger partial charge in [0.15, 0.2) is 0 Å². The van der Waals surface area contributed by atoms with Crippen molar-refractivity contribution in [2.24, 2.45) is 0 Å². The summed E-state index contributed by atoms with van der Waals surface area (Å²) in [6.45, 7) is 5.68. The Balaban J connectivity index is 3.84. The zero-order chi connectivity index (χ0) is 8.85. The third-order valence-corrected chi connectivity index (χ3v) is 1.48. The van der Waals surface area contributed by atoms with Crippen molar-refractivity contribution in [1.29, 1.82) is 0 Å². The fourth-order valence-corrected chi connectivity index (χ4v) is 0.918. The molecule has 0 radical (unpaired) electrons. The van der Waals surface area contributed by atoms with Crippen LogP contribution in [0.25, 0.3) is 0 Å². The van der Waals surface area contributed by atoms with E-state index in [0.29, 0.717) is 6.42 Å². The van der Waals surface area contributed by atoms with E-state index in [0.717, 1.165) is 0 Å². The summed E-state index contributed by atoms with van der Waals surface area (Å²) in [5.41, 5.74) is 0. The average molecular weight is 193 g/mol. The molecule has 0 aliphatic rings. The van der Waals surface area contributed by atoms with Crippen molar-refractivity contribution in [3.8, 4) is 0 Å². The number of carbonyl (C=O) groups is 1. The molecule has 63 valence electrons. The van der Waals surface area contributed by atoms with Crippen LogP contribution in [-0.4, -0.2) is 18.2 Å². The fraction of sp³-hybridized carbons (Fsp3) is 0.857. The molecule has 0 fully saturated rings. The van der Waals surface area contributed by atoms with Crippen LogP contribution in [0.15, 0.2) is 0 Å². The van der Waals surface area contributed by atoms with E-state index in [4.69, 9.17) is 4.74 Å². The molecule has 3 nitrogen and oxygen atoms in total. The van der Waals surface area contributed by atoms with Crippen LogP contribution in [0.2, 0.25) is 0 Å². The zero-order valence-electron chi connectivity index (χ0n) is 7.09. The molecule has 0 amide bonds. The van der Waals surface area contributed by atoms with Crippen LogP contribution < -0.4 is 0 Å². The quantitative estimate of drug-likeness (QED) is 0.629. The Kier molecular flexibility index (Phi) is 5.83. The first-order valence-corrected chi connectivity index (χ1v) is 4.28. The van der Waals surface area contributed by atoms with Gasteiger partial charge in [0.25, 0.3) is 0 Å². The van der Waals surface area contributed by atoms with E-state index < -0.39 is 6.10 Å². The van der Waals surface area contributed by atoms with Gasteiger partial charge in [-0.3, -0.25) is 0 Å². The predicted molar refractivity (Wildman–Crippen MR) is 36.4 cm³/mol. The van der Waals surface area contributed by atoms with Crippen LogP contribution in [0, 0.1) is 0 Å². The van der Waals surface area contributed by atoms with Gasteiger partial charge in [-0.1, -0.05) is 0 Å². The summed E-state index contributed by atoms with van der Waals surface area (Å²) in [6.07, 6.45) is 0.323. The minimum absolute atomic E-state index is 0.0686. The third kappa shape index (κ3) is 4.56. The van der Waals surface area contributed by atoms with Crippen LogP contribution in [0.3, 0.4) is 0 Å². The standard InChI is InChI=1S/C7H14O3.Ti/c1-4-6(7(8)9)10-5(2)3;/h5-6H,4H2,1-3H3,(H,8,9);/q;+1/p-1. The van der Waals surface area contributed by atoms with Gasteiger partial charge in [-0.15, -0.1) is 0 Å². The second-order valence-corrected chi connectivity index (χ2v) is 2.82. The van der Waals surface area contributed by atoms with Crippen LogP contribution in [0.5, 0.6) is 0 Å². The maximum absolute atomic E-state index is 10.9. The topological polar surface area (TPSA) is 35.5 Å². The van der Waals surface area contributed by atoms with Crippen LogP contribution in [0.4, 0.5) is 0 Å². The summed E-state index contributed by atoms with van der Waals surface area (Å²) < 4.78 is 9.82. The molecule has 0 aliphatic heterocycles. The predicted octanol–water partition coefficient (Wildman–Crippen LogP) is 1.20. The number of hydrogen-bond acceptors (Lipinski definition) is 3. The molecular weight excluding hydrogens is 180 g/mol. The van der Waals surface area contributed by atoms with Gasteiger partial charge in [-0.2, -0.15) is 0 Å². The third-order valence-electron chi connectivity index (χ3n) is 1.17. The Morgan fingerprint density at radius 1 is 1.55 bits per heavy atom. The molecule has 0 bridgehead atoms. The molecule has 1 unspecified atom stereocenters. The summed E-state index contributed by atoms with van der Waals surface area (Å²) in [6, 6.07) is 0. The van der Waals surface area contributed by atoms with Gasteiger partial charge >= 0.3 is 79.0 Å². The van der Waals surface area contributed by atoms with E-state index in [9.17, 15) is 4.79 Å². The minimum atomic E-state index is -0.403. The van der Waals surface area contributed by atoms with Crippen molar-refractivity contribution < 1.29 is 33.7 Å². The molecule has 1 atom stereocenters. The van der Waals surface area contributed by atoms with Crippen LogP contribution in [0.1, 0.15) is 27.2 Å². The average Bonchev–Trinajstić information content (AvgIpc) is 1.98. The van der Waals surface area contributed by atoms with Crippen molar-refractivity contribution in [2.75, 3.05) is 0 Å². The molecule has 0 spiro atoms. The molecule has 0 rings (SSSR count). The van der Waals surface area contributed by atoms with E-state index in [1.54, 1.807) is 0 Å². The molecule has 11 heavy (non-hydrogen) atoms. The monoisotopic (exact) mass is 193 g/mol. The maximum atomic E-state index is 10.9. The van der Waals surface area contributed by atoms with E-state index >= 15 is 0 Å². The Labute approximate surface area is 79.3 Å². The van der Waals surface area contributed by atoms with Gasteiger partial charge in [0, 0.05) is 0 Å².